The van der Waals surface area contributed by atoms with Gasteiger partial charge in [0.25, 0.3) is 0 Å². The minimum absolute atomic E-state index is 0.0274. The van der Waals surface area contributed by atoms with Crippen molar-refractivity contribution in [3.05, 3.63) is 35.9 Å². The van der Waals surface area contributed by atoms with Crippen molar-refractivity contribution >= 4 is 17.7 Å². The largest absolute Gasteiger partial charge is 0.469 e. The molecule has 0 unspecified atom stereocenters. The van der Waals surface area contributed by atoms with Gasteiger partial charge in [0.2, 0.25) is 0 Å². The fourth-order valence-corrected chi connectivity index (χ4v) is 14.8. The van der Waals surface area contributed by atoms with E-state index in [1.165, 1.54) is 0 Å². The second-order valence-corrected chi connectivity index (χ2v) is 20.3. The molecular weight excluding hydrogens is 716 g/mol. The summed E-state index contributed by atoms with van der Waals surface area (Å²) in [6.07, 6.45) is 8.94. The number of cyclic esters (lactones) is 2. The van der Waals surface area contributed by atoms with Gasteiger partial charge in [0, 0.05) is 47.4 Å². The van der Waals surface area contributed by atoms with Crippen molar-refractivity contribution in [3.8, 4) is 0 Å². The summed E-state index contributed by atoms with van der Waals surface area (Å²) >= 11 is 0. The zero-order valence-corrected chi connectivity index (χ0v) is 33.5. The minimum atomic E-state index is -1.43. The average Bonchev–Trinajstić information content (AvgIpc) is 3.42. The normalized spacial score (nSPS) is 49.1. The van der Waals surface area contributed by atoms with Gasteiger partial charge in [-0.25, -0.2) is 4.79 Å². The van der Waals surface area contributed by atoms with E-state index in [4.69, 9.17) is 23.4 Å². The molecule has 1 aromatic rings. The van der Waals surface area contributed by atoms with Crippen molar-refractivity contribution in [2.24, 2.45) is 57.7 Å². The minimum Gasteiger partial charge on any atom is -0.469 e. The van der Waals surface area contributed by atoms with Crippen LogP contribution in [0.5, 0.6) is 0 Å². The first-order valence-corrected chi connectivity index (χ1v) is 21.5. The van der Waals surface area contributed by atoms with Crippen LogP contribution in [0.4, 0.5) is 0 Å². The molecule has 1 aromatic heterocycles. The molecule has 3 N–H and O–H groups in total. The Labute approximate surface area is 329 Å². The lowest BCUT2D eigenvalue weighted by molar-refractivity contribution is -0.252. The molecule has 10 rings (SSSR count). The number of aliphatic hydroxyl groups excluding tert-OH is 2. The number of allylic oxidation sites excluding steroid dienone is 1. The van der Waals surface area contributed by atoms with Crippen LogP contribution in [0.2, 0.25) is 0 Å². The van der Waals surface area contributed by atoms with E-state index in [0.717, 1.165) is 44.5 Å². The highest BCUT2D eigenvalue weighted by molar-refractivity contribution is 5.92. The number of ketones is 1. The van der Waals surface area contributed by atoms with E-state index in [0.29, 0.717) is 61.2 Å². The van der Waals surface area contributed by atoms with Gasteiger partial charge in [0.05, 0.1) is 37.0 Å². The third-order valence-corrected chi connectivity index (χ3v) is 17.5. The zero-order valence-electron chi connectivity index (χ0n) is 33.5. The maximum absolute atomic E-state index is 15.0. The van der Waals surface area contributed by atoms with Crippen LogP contribution in [0.3, 0.4) is 0 Å². The molecule has 0 radical (unpaired) electrons. The predicted molar refractivity (Wildman–Crippen MR) is 200 cm³/mol. The van der Waals surface area contributed by atoms with Crippen molar-refractivity contribution in [1.82, 2.24) is 10.2 Å². The molecule has 306 valence electrons. The van der Waals surface area contributed by atoms with E-state index in [1.807, 2.05) is 19.9 Å². The van der Waals surface area contributed by atoms with Crippen LogP contribution in [-0.4, -0.2) is 94.8 Å². The van der Waals surface area contributed by atoms with E-state index >= 15 is 4.79 Å². The third kappa shape index (κ3) is 4.73. The number of ether oxygens (including phenoxy) is 4. The monoisotopic (exact) mass is 776 g/mol. The van der Waals surface area contributed by atoms with Gasteiger partial charge >= 0.3 is 11.9 Å². The number of nitrogens with one attached hydrogen (secondary N) is 1. The standard InChI is InChI=1S/C44H60N2O10/c1-23(2)8-13-41(4)35-34(49)36(50)42(5)31(43(35)21-53-33(48)18-32(43)55-41)9-12-40(3)37(54-39(51)38-44(40,42)56-38)28-11-15-52-30(28)17-26(20-47)24-6-7-27-25(16-24)10-14-46-22-45-19-29(27)46/h10-11,14-15,23-27,29,31-32,35-38,45,47,50H,6-9,12-13,16-22H2,1-5H3/t24-,25+,26+,27-,29+,31-,32-,35+,36+,37-,38+,40-,41-,42-,43-,44+/m0/s1. The summed E-state index contributed by atoms with van der Waals surface area (Å²) < 4.78 is 32.1. The Kier molecular flexibility index (Phi) is 8.45. The molecule has 3 aliphatic carbocycles. The number of epoxide rings is 1. The van der Waals surface area contributed by atoms with Gasteiger partial charge in [0.1, 0.15) is 30.2 Å². The van der Waals surface area contributed by atoms with Gasteiger partial charge in [-0.3, -0.25) is 14.9 Å². The Bertz CT molecular complexity index is 1830. The number of furan rings is 1. The van der Waals surface area contributed by atoms with E-state index in [1.54, 1.807) is 6.26 Å². The summed E-state index contributed by atoms with van der Waals surface area (Å²) in [6, 6.07) is 2.42. The second-order valence-electron chi connectivity index (χ2n) is 20.3. The summed E-state index contributed by atoms with van der Waals surface area (Å²) in [5.74, 6) is 0.281. The van der Waals surface area contributed by atoms with Crippen molar-refractivity contribution in [2.75, 3.05) is 26.4 Å². The summed E-state index contributed by atoms with van der Waals surface area (Å²) in [5.41, 5.74) is -4.26. The van der Waals surface area contributed by atoms with Crippen LogP contribution < -0.4 is 5.32 Å². The maximum Gasteiger partial charge on any atom is 0.339 e. The van der Waals surface area contributed by atoms with Crippen LogP contribution in [-0.2, 0) is 39.8 Å². The third-order valence-electron chi connectivity index (χ3n) is 17.5. The fraction of sp³-hybridized carbons (Fsp3) is 0.795. The topological polar surface area (TPSA) is 160 Å². The first kappa shape index (κ1) is 37.5. The van der Waals surface area contributed by atoms with Crippen LogP contribution in [0, 0.1) is 57.7 Å². The molecule has 0 bridgehead atoms. The molecule has 5 saturated heterocycles. The van der Waals surface area contributed by atoms with Crippen LogP contribution in [0.25, 0.3) is 0 Å². The number of nitrogens with zero attached hydrogens (tertiary/aromatic N) is 1. The Morgan fingerprint density at radius 3 is 2.68 bits per heavy atom. The van der Waals surface area contributed by atoms with E-state index in [-0.39, 0.29) is 43.2 Å². The lowest BCUT2D eigenvalue weighted by atomic mass is 9.36. The first-order valence-electron chi connectivity index (χ1n) is 21.5. The Morgan fingerprint density at radius 2 is 1.89 bits per heavy atom. The smallest absolute Gasteiger partial charge is 0.339 e. The number of hydrogen-bond acceptors (Lipinski definition) is 12. The van der Waals surface area contributed by atoms with Gasteiger partial charge in [-0.2, -0.15) is 0 Å². The maximum atomic E-state index is 15.0. The molecule has 6 aliphatic heterocycles. The molecule has 16 atom stereocenters. The van der Waals surface area contributed by atoms with Crippen LogP contribution in [0.1, 0.15) is 103 Å². The number of rotatable bonds is 8. The Balaban J connectivity index is 0.975. The Morgan fingerprint density at radius 1 is 1.07 bits per heavy atom. The van der Waals surface area contributed by atoms with Crippen molar-refractivity contribution in [1.29, 1.82) is 0 Å². The molecule has 2 spiro atoms. The molecule has 9 aliphatic rings. The second kappa shape index (κ2) is 12.6. The summed E-state index contributed by atoms with van der Waals surface area (Å²) in [5, 5.41) is 26.9. The van der Waals surface area contributed by atoms with Crippen LogP contribution >= 0.6 is 0 Å². The highest BCUT2D eigenvalue weighted by Gasteiger charge is 2.91. The van der Waals surface area contributed by atoms with E-state index in [2.05, 4.69) is 43.3 Å². The van der Waals surface area contributed by atoms with Crippen LogP contribution in [0.15, 0.2) is 29.0 Å². The molecular formula is C44H60N2O10. The molecule has 12 nitrogen and oxygen atoms in total. The van der Waals surface area contributed by atoms with Crippen molar-refractivity contribution in [3.63, 3.8) is 0 Å². The number of aliphatic hydroxyl groups is 2. The van der Waals surface area contributed by atoms with E-state index in [9.17, 15) is 19.8 Å². The van der Waals surface area contributed by atoms with Gasteiger partial charge < -0.3 is 38.5 Å². The average molecular weight is 777 g/mol. The van der Waals surface area contributed by atoms with Gasteiger partial charge in [-0.15, -0.1) is 0 Å². The predicted octanol–water partition coefficient (Wildman–Crippen LogP) is 4.47. The highest BCUT2D eigenvalue weighted by Crippen LogP contribution is 2.80. The first-order chi connectivity index (χ1) is 26.7. The Hall–Kier alpha value is -2.77. The molecule has 0 aromatic carbocycles. The lowest BCUT2D eigenvalue weighted by Gasteiger charge is -2.66. The number of hydrogen-bond donors (Lipinski definition) is 3. The summed E-state index contributed by atoms with van der Waals surface area (Å²) in [4.78, 5) is 44.4. The molecule has 12 heteroatoms. The molecule has 8 fully saturated rings. The molecule has 0 amide bonds. The number of esters is 2. The fourth-order valence-electron chi connectivity index (χ4n) is 14.8. The highest BCUT2D eigenvalue weighted by atomic mass is 16.7. The molecule has 3 saturated carbocycles. The number of carbonyl (C=O) groups excluding carboxylic acids is 3. The van der Waals surface area contributed by atoms with Crippen molar-refractivity contribution in [2.45, 2.75) is 134 Å². The summed E-state index contributed by atoms with van der Waals surface area (Å²) in [7, 11) is 0. The zero-order chi connectivity index (χ0) is 39.2. The van der Waals surface area contributed by atoms with Gasteiger partial charge in [0.15, 0.2) is 11.9 Å². The van der Waals surface area contributed by atoms with Gasteiger partial charge in [-0.05, 0) is 99.6 Å². The summed E-state index contributed by atoms with van der Waals surface area (Å²) in [6.45, 7) is 12.3. The van der Waals surface area contributed by atoms with E-state index < -0.39 is 63.8 Å². The molecule has 56 heavy (non-hydrogen) atoms. The van der Waals surface area contributed by atoms with Gasteiger partial charge in [-0.1, -0.05) is 33.8 Å². The number of carbonyl (C=O) groups is 3. The van der Waals surface area contributed by atoms with Crippen molar-refractivity contribution < 1.29 is 48.0 Å². The SMILES string of the molecule is CC(C)CC[C@]1(C)O[C@H]2CC(=O)OC[C@]23[C@H]2CC[C@@]4(C)[C@H](c5ccoc5C[C@H](CO)[C@H]5CC[C@H]6[C@H](C=CN7CNC[C@H]67)C5)OC(=O)[C@H]5O[C@]54[C@]2(C)[C@H](O)C(=O)[C@@H]31. The number of fused-ring (bicyclic) bond motifs is 4. The number of Topliss-reactive ketones (excluding diaryl/α,β-unsaturated/α-hetero) is 1. The quantitative estimate of drug-likeness (QED) is 0.252. The molecule has 7 heterocycles. The lowest BCUT2D eigenvalue weighted by Crippen LogP contribution is -2.76.